The Morgan fingerprint density at radius 1 is 1.17 bits per heavy atom. The minimum Gasteiger partial charge on any atom is -0.488 e. The number of nitrogens with one attached hydrogen (secondary N) is 2. The van der Waals surface area contributed by atoms with Crippen molar-refractivity contribution in [3.05, 3.63) is 86.9 Å². The largest absolute Gasteiger partial charge is 0.488 e. The second-order valence-electron chi connectivity index (χ2n) is 10.9. The average molecular weight is 583 g/mol. The third kappa shape index (κ3) is 8.81. The molecule has 0 aromatic heterocycles. The molecule has 0 heterocycles. The highest BCUT2D eigenvalue weighted by Crippen LogP contribution is 2.37. The molecule has 0 spiro atoms. The van der Waals surface area contributed by atoms with Gasteiger partial charge in [0.1, 0.15) is 30.0 Å². The van der Waals surface area contributed by atoms with Gasteiger partial charge in [0, 0.05) is 30.3 Å². The van der Waals surface area contributed by atoms with Gasteiger partial charge in [-0.15, -0.1) is 0 Å². The summed E-state index contributed by atoms with van der Waals surface area (Å²) in [5, 5.41) is 28.9. The Kier molecular flexibility index (Phi) is 9.69. The predicted molar refractivity (Wildman–Crippen MR) is 158 cm³/mol. The van der Waals surface area contributed by atoms with Crippen molar-refractivity contribution < 1.29 is 24.3 Å². The van der Waals surface area contributed by atoms with Gasteiger partial charge in [-0.1, -0.05) is 29.8 Å². The van der Waals surface area contributed by atoms with E-state index in [4.69, 9.17) is 26.8 Å². The monoisotopic (exact) mass is 582 g/mol. The van der Waals surface area contributed by atoms with Gasteiger partial charge in [0.05, 0.1) is 9.95 Å². The van der Waals surface area contributed by atoms with Gasteiger partial charge in [0.15, 0.2) is 5.69 Å². The van der Waals surface area contributed by atoms with Gasteiger partial charge in [-0.05, 0) is 81.0 Å². The molecular formula is C30H35ClN4O6. The lowest BCUT2D eigenvalue weighted by atomic mass is 9.94. The number of nitro groups is 1. The fraction of sp³-hybridized carbons (Fsp3) is 0.367. The number of β-amino-alcohol motifs (C(OH)–C–C–N with tert-alkyl or cyclic N) is 1. The lowest BCUT2D eigenvalue weighted by molar-refractivity contribution is -0.384. The maximum absolute atomic E-state index is 11.5. The first-order valence-corrected chi connectivity index (χ1v) is 13.8. The van der Waals surface area contributed by atoms with E-state index in [0.717, 1.165) is 18.4 Å². The van der Waals surface area contributed by atoms with Crippen LogP contribution in [0.4, 0.5) is 11.4 Å². The lowest BCUT2D eigenvalue weighted by Gasteiger charge is -2.28. The molecule has 0 saturated heterocycles. The number of amides is 1. The third-order valence-corrected chi connectivity index (χ3v) is 7.02. The van der Waals surface area contributed by atoms with Crippen LogP contribution in [0.5, 0.6) is 17.2 Å². The molecule has 0 bridgehead atoms. The van der Waals surface area contributed by atoms with E-state index in [0.29, 0.717) is 47.4 Å². The van der Waals surface area contributed by atoms with E-state index < -0.39 is 16.9 Å². The van der Waals surface area contributed by atoms with Gasteiger partial charge in [0.2, 0.25) is 5.91 Å². The number of anilines is 1. The van der Waals surface area contributed by atoms with E-state index in [1.54, 1.807) is 24.3 Å². The van der Waals surface area contributed by atoms with Crippen LogP contribution >= 0.6 is 11.6 Å². The summed E-state index contributed by atoms with van der Waals surface area (Å²) < 4.78 is 11.7. The van der Waals surface area contributed by atoms with Crippen molar-refractivity contribution in [2.24, 2.45) is 11.7 Å². The highest BCUT2D eigenvalue weighted by atomic mass is 35.5. The molecule has 41 heavy (non-hydrogen) atoms. The van der Waals surface area contributed by atoms with Crippen molar-refractivity contribution in [3.8, 4) is 17.2 Å². The summed E-state index contributed by atoms with van der Waals surface area (Å²) in [6, 6.07) is 16.9. The second kappa shape index (κ2) is 13.2. The normalized spacial score (nSPS) is 13.9. The van der Waals surface area contributed by atoms with E-state index in [9.17, 15) is 20.0 Å². The van der Waals surface area contributed by atoms with Crippen LogP contribution in [0.25, 0.3) is 0 Å². The highest BCUT2D eigenvalue weighted by Gasteiger charge is 2.25. The topological polar surface area (TPSA) is 149 Å². The minimum atomic E-state index is -0.828. The zero-order valence-electron chi connectivity index (χ0n) is 23.1. The quantitative estimate of drug-likeness (QED) is 0.139. The summed E-state index contributed by atoms with van der Waals surface area (Å²) >= 11 is 6.21. The Bertz CT molecular complexity index is 1380. The summed E-state index contributed by atoms with van der Waals surface area (Å²) in [6.07, 6.45) is 2.08. The van der Waals surface area contributed by atoms with Crippen molar-refractivity contribution >= 4 is 28.9 Å². The number of nitrogens with two attached hydrogens (primary N) is 1. The number of rotatable bonds is 15. The number of hydrogen-bond acceptors (Lipinski definition) is 8. The molecule has 0 unspecified atom stereocenters. The van der Waals surface area contributed by atoms with Crippen molar-refractivity contribution in [1.82, 2.24) is 5.32 Å². The fourth-order valence-electron chi connectivity index (χ4n) is 4.29. The number of halogens is 1. The molecule has 0 radical (unpaired) electrons. The molecule has 218 valence electrons. The Hall–Kier alpha value is -3.86. The number of carbonyl (C=O) groups excluding carboxylic acids is 1. The number of para-hydroxylation sites is 1. The van der Waals surface area contributed by atoms with Crippen LogP contribution in [0.3, 0.4) is 0 Å². The molecule has 10 nitrogen and oxygen atoms in total. The number of nitrogens with zero attached hydrogens (tertiary/aromatic N) is 1. The molecule has 1 aliphatic rings. The van der Waals surface area contributed by atoms with E-state index in [1.165, 1.54) is 12.1 Å². The highest BCUT2D eigenvalue weighted by molar-refractivity contribution is 6.32. The van der Waals surface area contributed by atoms with Crippen LogP contribution < -0.4 is 25.8 Å². The smallest absolute Gasteiger partial charge is 0.296 e. The van der Waals surface area contributed by atoms with Gasteiger partial charge >= 0.3 is 0 Å². The molecular weight excluding hydrogens is 548 g/mol. The molecule has 1 aliphatic carbocycles. The first kappa shape index (κ1) is 30.1. The fourth-order valence-corrected chi connectivity index (χ4v) is 4.51. The lowest BCUT2D eigenvalue weighted by Crippen LogP contribution is -2.46. The summed E-state index contributed by atoms with van der Waals surface area (Å²) in [5.41, 5.74) is 6.60. The van der Waals surface area contributed by atoms with Crippen molar-refractivity contribution in [1.29, 1.82) is 0 Å². The number of benzene rings is 3. The van der Waals surface area contributed by atoms with Gasteiger partial charge in [0.25, 0.3) is 5.69 Å². The molecule has 1 amide bonds. The number of carbonyl (C=O) groups is 1. The Morgan fingerprint density at radius 3 is 2.54 bits per heavy atom. The van der Waals surface area contributed by atoms with Crippen LogP contribution in [0, 0.1) is 16.0 Å². The van der Waals surface area contributed by atoms with Crippen LogP contribution in [-0.2, 0) is 6.42 Å². The molecule has 1 atom stereocenters. The van der Waals surface area contributed by atoms with Crippen molar-refractivity contribution in [2.75, 3.05) is 25.0 Å². The number of hydrogen-bond donors (Lipinski definition) is 4. The van der Waals surface area contributed by atoms with Crippen molar-refractivity contribution in [2.45, 2.75) is 44.8 Å². The zero-order chi connectivity index (χ0) is 29.6. The zero-order valence-corrected chi connectivity index (χ0v) is 23.8. The Morgan fingerprint density at radius 2 is 1.90 bits per heavy atom. The minimum absolute atomic E-state index is 0.0165. The molecule has 1 fully saturated rings. The van der Waals surface area contributed by atoms with E-state index in [-0.39, 0.29) is 29.4 Å². The van der Waals surface area contributed by atoms with Crippen LogP contribution in [0.15, 0.2) is 60.7 Å². The number of primary amides is 1. The summed E-state index contributed by atoms with van der Waals surface area (Å²) in [6.45, 7) is 4.98. The molecule has 0 aliphatic heterocycles. The molecule has 3 aromatic rings. The molecule has 11 heteroatoms. The Balaban J connectivity index is 1.27. The van der Waals surface area contributed by atoms with Gasteiger partial charge < -0.3 is 30.9 Å². The van der Waals surface area contributed by atoms with Crippen molar-refractivity contribution in [3.63, 3.8) is 0 Å². The number of aliphatic hydroxyl groups excluding tert-OH is 1. The third-order valence-electron chi connectivity index (χ3n) is 6.73. The van der Waals surface area contributed by atoms with E-state index in [2.05, 4.69) is 10.6 Å². The first-order chi connectivity index (χ1) is 19.5. The second-order valence-corrected chi connectivity index (χ2v) is 11.3. The number of nitro benzene ring substituents is 1. The summed E-state index contributed by atoms with van der Waals surface area (Å²) in [5.74, 6) is 1.33. The molecule has 5 N–H and O–H groups in total. The van der Waals surface area contributed by atoms with Gasteiger partial charge in [-0.2, -0.15) is 0 Å². The van der Waals surface area contributed by atoms with Crippen LogP contribution in [-0.4, -0.2) is 47.3 Å². The summed E-state index contributed by atoms with van der Waals surface area (Å²) in [7, 11) is 0. The first-order valence-electron chi connectivity index (χ1n) is 13.4. The van der Waals surface area contributed by atoms with E-state index in [1.807, 2.05) is 38.1 Å². The average Bonchev–Trinajstić information content (AvgIpc) is 3.76. The number of ether oxygens (including phenoxy) is 2. The standard InChI is InChI=1S/C30H35ClN4O6/c1-30(2,15-19-8-11-23(12-9-19)41-26-13-10-21(29(32)37)14-24(26)31)34-17-22(36)18-40-27-5-3-4-25(35(38)39)28(27)33-16-20-6-7-20/h3-5,8-14,20,22,33-34,36H,6-7,15-18H2,1-2H3,(H2,32,37)/t22-/m0/s1. The predicted octanol–water partition coefficient (Wildman–Crippen LogP) is 5.31. The van der Waals surface area contributed by atoms with E-state index >= 15 is 0 Å². The Labute approximate surface area is 243 Å². The molecule has 1 saturated carbocycles. The molecule has 3 aromatic carbocycles. The van der Waals surface area contributed by atoms with Crippen LogP contribution in [0.1, 0.15) is 42.6 Å². The maximum atomic E-state index is 11.5. The van der Waals surface area contributed by atoms with Gasteiger partial charge in [-0.3, -0.25) is 14.9 Å². The molecule has 4 rings (SSSR count). The maximum Gasteiger partial charge on any atom is 0.296 e. The number of aliphatic hydroxyl groups is 1. The van der Waals surface area contributed by atoms with Gasteiger partial charge in [-0.25, -0.2) is 0 Å². The summed E-state index contributed by atoms with van der Waals surface area (Å²) in [4.78, 5) is 22.4. The SMILES string of the molecule is CC(C)(Cc1ccc(Oc2ccc(C(N)=O)cc2Cl)cc1)NC[C@H](O)COc1cccc([N+](=O)[O-])c1NCC1CC1. The van der Waals surface area contributed by atoms with Crippen LogP contribution in [0.2, 0.25) is 5.02 Å².